The van der Waals surface area contributed by atoms with Crippen molar-refractivity contribution >= 4 is 0 Å². The highest BCUT2D eigenvalue weighted by Crippen LogP contribution is 2.27. The molecule has 1 saturated heterocycles. The number of nitrogens with zero attached hydrogens (tertiary/aromatic N) is 1. The average molecular weight is 290 g/mol. The van der Waals surface area contributed by atoms with E-state index in [9.17, 15) is 5.11 Å². The highest BCUT2D eigenvalue weighted by Gasteiger charge is 2.28. The molecule has 0 saturated carbocycles. The van der Waals surface area contributed by atoms with Crippen molar-refractivity contribution < 1.29 is 5.11 Å². The molecule has 0 spiro atoms. The van der Waals surface area contributed by atoms with Crippen molar-refractivity contribution in [3.05, 3.63) is 35.9 Å². The molecule has 21 heavy (non-hydrogen) atoms. The van der Waals surface area contributed by atoms with Crippen LogP contribution in [0.2, 0.25) is 0 Å². The van der Waals surface area contributed by atoms with E-state index >= 15 is 0 Å². The highest BCUT2D eigenvalue weighted by molar-refractivity contribution is 5.21. The van der Waals surface area contributed by atoms with Crippen molar-refractivity contribution in [2.75, 3.05) is 26.2 Å². The SMILES string of the molecule is CC(C)NC(C)(CO)CCN1CCC(c2ccccc2)C1. The molecule has 1 aliphatic rings. The predicted octanol–water partition coefficient (Wildman–Crippen LogP) is 2.62. The maximum atomic E-state index is 9.66. The van der Waals surface area contributed by atoms with E-state index in [0.29, 0.717) is 12.0 Å². The monoisotopic (exact) mass is 290 g/mol. The largest absolute Gasteiger partial charge is 0.394 e. The molecule has 2 unspecified atom stereocenters. The van der Waals surface area contributed by atoms with Crippen LogP contribution in [0.15, 0.2) is 30.3 Å². The summed E-state index contributed by atoms with van der Waals surface area (Å²) < 4.78 is 0. The quantitative estimate of drug-likeness (QED) is 0.810. The molecular formula is C18H30N2O. The van der Waals surface area contributed by atoms with Crippen LogP contribution in [0.4, 0.5) is 0 Å². The molecule has 0 radical (unpaired) electrons. The zero-order chi connectivity index (χ0) is 15.3. The van der Waals surface area contributed by atoms with Gasteiger partial charge in [-0.25, -0.2) is 0 Å². The fraction of sp³-hybridized carbons (Fsp3) is 0.667. The third-order valence-electron chi connectivity index (χ3n) is 4.51. The molecule has 0 bridgehead atoms. The van der Waals surface area contributed by atoms with Crippen molar-refractivity contribution in [2.45, 2.75) is 51.1 Å². The first kappa shape index (κ1) is 16.5. The maximum absolute atomic E-state index is 9.66. The van der Waals surface area contributed by atoms with Gasteiger partial charge in [-0.3, -0.25) is 0 Å². The minimum absolute atomic E-state index is 0.168. The van der Waals surface area contributed by atoms with E-state index in [1.165, 1.54) is 18.5 Å². The van der Waals surface area contributed by atoms with E-state index in [0.717, 1.165) is 19.5 Å². The van der Waals surface area contributed by atoms with Gasteiger partial charge in [-0.15, -0.1) is 0 Å². The van der Waals surface area contributed by atoms with Gasteiger partial charge in [-0.05, 0) is 44.3 Å². The lowest BCUT2D eigenvalue weighted by Crippen LogP contribution is -2.50. The minimum Gasteiger partial charge on any atom is -0.394 e. The van der Waals surface area contributed by atoms with E-state index in [2.05, 4.69) is 61.3 Å². The van der Waals surface area contributed by atoms with Gasteiger partial charge >= 0.3 is 0 Å². The summed E-state index contributed by atoms with van der Waals surface area (Å²) in [5, 5.41) is 13.2. The lowest BCUT2D eigenvalue weighted by atomic mass is 9.97. The molecule has 0 aliphatic carbocycles. The number of likely N-dealkylation sites (tertiary alicyclic amines) is 1. The Labute approximate surface area is 129 Å². The second kappa shape index (κ2) is 7.39. The van der Waals surface area contributed by atoms with Crippen LogP contribution in [-0.2, 0) is 0 Å². The number of benzene rings is 1. The molecule has 118 valence electrons. The summed E-state index contributed by atoms with van der Waals surface area (Å²) in [4.78, 5) is 2.54. The van der Waals surface area contributed by atoms with E-state index in [1.54, 1.807) is 0 Å². The van der Waals surface area contributed by atoms with Crippen molar-refractivity contribution in [2.24, 2.45) is 0 Å². The number of hydrogen-bond donors (Lipinski definition) is 2. The molecule has 3 heteroatoms. The molecule has 2 rings (SSSR count). The molecular weight excluding hydrogens is 260 g/mol. The first-order chi connectivity index (χ1) is 10.0. The number of nitrogens with one attached hydrogen (secondary N) is 1. The molecule has 1 aromatic carbocycles. The first-order valence-electron chi connectivity index (χ1n) is 8.18. The maximum Gasteiger partial charge on any atom is 0.0611 e. The van der Waals surface area contributed by atoms with Gasteiger partial charge in [0, 0.05) is 18.1 Å². The Hall–Kier alpha value is -0.900. The zero-order valence-electron chi connectivity index (χ0n) is 13.7. The highest BCUT2D eigenvalue weighted by atomic mass is 16.3. The van der Waals surface area contributed by atoms with Crippen LogP contribution in [0.1, 0.15) is 45.1 Å². The molecule has 1 fully saturated rings. The van der Waals surface area contributed by atoms with Gasteiger partial charge in [-0.2, -0.15) is 0 Å². The van der Waals surface area contributed by atoms with Crippen LogP contribution in [0.5, 0.6) is 0 Å². The summed E-state index contributed by atoms with van der Waals surface area (Å²) in [5.41, 5.74) is 1.30. The molecule has 0 amide bonds. The van der Waals surface area contributed by atoms with Gasteiger partial charge < -0.3 is 15.3 Å². The van der Waals surface area contributed by atoms with Gasteiger partial charge in [0.25, 0.3) is 0 Å². The van der Waals surface area contributed by atoms with Gasteiger partial charge in [-0.1, -0.05) is 44.2 Å². The van der Waals surface area contributed by atoms with Crippen LogP contribution >= 0.6 is 0 Å². The first-order valence-corrected chi connectivity index (χ1v) is 8.18. The third kappa shape index (κ3) is 4.80. The van der Waals surface area contributed by atoms with Gasteiger partial charge in [0.2, 0.25) is 0 Å². The molecule has 1 heterocycles. The van der Waals surface area contributed by atoms with E-state index in [1.807, 2.05) is 0 Å². The van der Waals surface area contributed by atoms with Crippen LogP contribution < -0.4 is 5.32 Å². The fourth-order valence-electron chi connectivity index (χ4n) is 3.33. The number of hydrogen-bond acceptors (Lipinski definition) is 3. The molecule has 3 nitrogen and oxygen atoms in total. The van der Waals surface area contributed by atoms with Crippen LogP contribution in [0.3, 0.4) is 0 Å². The van der Waals surface area contributed by atoms with Gasteiger partial charge in [0.1, 0.15) is 0 Å². The summed E-state index contributed by atoms with van der Waals surface area (Å²) >= 11 is 0. The van der Waals surface area contributed by atoms with E-state index in [4.69, 9.17) is 0 Å². The van der Waals surface area contributed by atoms with Crippen molar-refractivity contribution in [3.63, 3.8) is 0 Å². The predicted molar refractivity (Wildman–Crippen MR) is 88.6 cm³/mol. The standard InChI is InChI=1S/C18H30N2O/c1-15(2)19-18(3,14-21)10-12-20-11-9-17(13-20)16-7-5-4-6-8-16/h4-8,15,17,19,21H,9-14H2,1-3H3. The lowest BCUT2D eigenvalue weighted by molar-refractivity contribution is 0.143. The average Bonchev–Trinajstić information content (AvgIpc) is 2.94. The van der Waals surface area contributed by atoms with E-state index < -0.39 is 0 Å². The number of rotatable bonds is 7. The Balaban J connectivity index is 1.82. The summed E-state index contributed by atoms with van der Waals surface area (Å²) in [7, 11) is 0. The third-order valence-corrected chi connectivity index (χ3v) is 4.51. The number of aliphatic hydroxyl groups is 1. The van der Waals surface area contributed by atoms with E-state index in [-0.39, 0.29) is 12.1 Å². The Morgan fingerprint density at radius 2 is 2.05 bits per heavy atom. The van der Waals surface area contributed by atoms with Crippen LogP contribution in [0.25, 0.3) is 0 Å². The van der Waals surface area contributed by atoms with Crippen molar-refractivity contribution in [1.29, 1.82) is 0 Å². The topological polar surface area (TPSA) is 35.5 Å². The van der Waals surface area contributed by atoms with Crippen molar-refractivity contribution in [1.82, 2.24) is 10.2 Å². The van der Waals surface area contributed by atoms with Crippen LogP contribution in [-0.4, -0.2) is 47.8 Å². The Morgan fingerprint density at radius 1 is 1.33 bits per heavy atom. The minimum atomic E-state index is -0.168. The molecule has 1 aromatic rings. The fourth-order valence-corrected chi connectivity index (χ4v) is 3.33. The van der Waals surface area contributed by atoms with Gasteiger partial charge in [0.15, 0.2) is 0 Å². The Kier molecular flexibility index (Phi) is 5.80. The molecule has 0 aromatic heterocycles. The Morgan fingerprint density at radius 3 is 2.67 bits per heavy atom. The lowest BCUT2D eigenvalue weighted by Gasteiger charge is -2.33. The number of aliphatic hydroxyl groups excluding tert-OH is 1. The summed E-state index contributed by atoms with van der Waals surface area (Å²) in [5.74, 6) is 0.671. The molecule has 2 atom stereocenters. The van der Waals surface area contributed by atoms with Gasteiger partial charge in [0.05, 0.1) is 6.61 Å². The summed E-state index contributed by atoms with van der Waals surface area (Å²) in [6.45, 7) is 9.96. The second-order valence-corrected chi connectivity index (χ2v) is 6.96. The van der Waals surface area contributed by atoms with Crippen LogP contribution in [0, 0.1) is 0 Å². The van der Waals surface area contributed by atoms with Crippen molar-refractivity contribution in [3.8, 4) is 0 Å². The molecule has 2 N–H and O–H groups in total. The normalized spacial score (nSPS) is 22.6. The summed E-state index contributed by atoms with van der Waals surface area (Å²) in [6, 6.07) is 11.2. The zero-order valence-corrected chi connectivity index (χ0v) is 13.7. The smallest absolute Gasteiger partial charge is 0.0611 e. The summed E-state index contributed by atoms with van der Waals surface area (Å²) in [6.07, 6.45) is 2.24. The molecule has 1 aliphatic heterocycles. The second-order valence-electron chi connectivity index (χ2n) is 6.96. The Bertz CT molecular complexity index is 420.